The second-order valence-electron chi connectivity index (χ2n) is 7.63. The van der Waals surface area contributed by atoms with Crippen molar-refractivity contribution in [3.63, 3.8) is 0 Å². The quantitative estimate of drug-likeness (QED) is 0.479. The normalized spacial score (nSPS) is 12.8. The minimum atomic E-state index is -0.322. The number of benzene rings is 2. The Morgan fingerprint density at radius 3 is 2.31 bits per heavy atom. The fourth-order valence-electron chi connectivity index (χ4n) is 3.31. The third-order valence-electron chi connectivity index (χ3n) is 5.12. The zero-order chi connectivity index (χ0) is 23.1. The summed E-state index contributed by atoms with van der Waals surface area (Å²) in [6, 6.07) is 16.9. The molecule has 0 bridgehead atoms. The number of rotatable bonds is 9. The van der Waals surface area contributed by atoms with Gasteiger partial charge in [0, 0.05) is 12.1 Å². The predicted molar refractivity (Wildman–Crippen MR) is 126 cm³/mol. The van der Waals surface area contributed by atoms with Crippen LogP contribution in [-0.2, 0) is 11.3 Å². The molecule has 0 saturated heterocycles. The van der Waals surface area contributed by atoms with Gasteiger partial charge in [0.05, 0.1) is 17.8 Å². The number of amides is 2. The molecule has 0 saturated carbocycles. The van der Waals surface area contributed by atoms with Crippen LogP contribution in [0.4, 0.5) is 0 Å². The van der Waals surface area contributed by atoms with E-state index in [2.05, 4.69) is 20.8 Å². The monoisotopic (exact) mass is 451 g/mol. The van der Waals surface area contributed by atoms with Crippen molar-refractivity contribution in [2.45, 2.75) is 51.5 Å². The van der Waals surface area contributed by atoms with Crippen LogP contribution in [0.15, 0.2) is 59.8 Å². The molecule has 0 unspecified atom stereocenters. The summed E-state index contributed by atoms with van der Waals surface area (Å²) in [5.41, 5.74) is 2.76. The molecule has 32 heavy (non-hydrogen) atoms. The molecule has 0 aliphatic carbocycles. The van der Waals surface area contributed by atoms with Crippen LogP contribution in [0, 0.1) is 6.92 Å². The van der Waals surface area contributed by atoms with Crippen LogP contribution in [-0.4, -0.2) is 32.3 Å². The molecule has 7 nitrogen and oxygen atoms in total. The molecule has 3 rings (SSSR count). The Labute approximate surface area is 193 Å². The van der Waals surface area contributed by atoms with Crippen molar-refractivity contribution in [3.05, 3.63) is 77.1 Å². The number of aromatic nitrogens is 3. The van der Waals surface area contributed by atoms with Crippen molar-refractivity contribution in [3.8, 4) is 0 Å². The van der Waals surface area contributed by atoms with Crippen molar-refractivity contribution in [2.24, 2.45) is 0 Å². The maximum absolute atomic E-state index is 12.6. The molecule has 1 heterocycles. The topological polar surface area (TPSA) is 88.9 Å². The average Bonchev–Trinajstić information content (AvgIpc) is 3.21. The highest BCUT2D eigenvalue weighted by Gasteiger charge is 2.20. The van der Waals surface area contributed by atoms with Gasteiger partial charge in [-0.05, 0) is 45.4 Å². The summed E-state index contributed by atoms with van der Waals surface area (Å²) in [5, 5.41) is 15.2. The Balaban J connectivity index is 1.59. The number of hydrogen-bond acceptors (Lipinski definition) is 5. The van der Waals surface area contributed by atoms with E-state index in [1.165, 1.54) is 11.8 Å². The molecule has 2 atom stereocenters. The Bertz CT molecular complexity index is 1050. The lowest BCUT2D eigenvalue weighted by atomic mass is 10.1. The molecule has 2 N–H and O–H groups in total. The molecule has 0 aliphatic rings. The molecule has 2 aromatic carbocycles. The summed E-state index contributed by atoms with van der Waals surface area (Å²) >= 11 is 1.34. The summed E-state index contributed by atoms with van der Waals surface area (Å²) < 4.78 is 1.93. The van der Waals surface area contributed by atoms with E-state index < -0.39 is 0 Å². The molecule has 8 heteroatoms. The van der Waals surface area contributed by atoms with Crippen LogP contribution < -0.4 is 10.6 Å². The van der Waals surface area contributed by atoms with Crippen LogP contribution in [0.5, 0.6) is 0 Å². The largest absolute Gasteiger partial charge is 0.349 e. The molecule has 0 spiro atoms. The van der Waals surface area contributed by atoms with Gasteiger partial charge in [0.2, 0.25) is 5.91 Å². The molecule has 168 valence electrons. The van der Waals surface area contributed by atoms with E-state index in [0.29, 0.717) is 23.1 Å². The SMILES string of the molecule is CCn1c(SCC(=O)N[C@@H](C)c2ccccc2)nnc1[C@H](C)NC(=O)c1ccc(C)cc1. The first-order valence-electron chi connectivity index (χ1n) is 10.7. The van der Waals surface area contributed by atoms with Crippen molar-refractivity contribution < 1.29 is 9.59 Å². The zero-order valence-electron chi connectivity index (χ0n) is 18.8. The Hall–Kier alpha value is -3.13. The van der Waals surface area contributed by atoms with Crippen LogP contribution >= 0.6 is 11.8 Å². The third-order valence-corrected chi connectivity index (χ3v) is 6.09. The lowest BCUT2D eigenvalue weighted by Gasteiger charge is -2.16. The smallest absolute Gasteiger partial charge is 0.251 e. The second-order valence-corrected chi connectivity index (χ2v) is 8.58. The Morgan fingerprint density at radius 2 is 1.66 bits per heavy atom. The lowest BCUT2D eigenvalue weighted by Crippen LogP contribution is -2.29. The second kappa shape index (κ2) is 10.9. The third kappa shape index (κ3) is 5.97. The van der Waals surface area contributed by atoms with Gasteiger partial charge in [-0.25, -0.2) is 0 Å². The number of nitrogens with zero attached hydrogens (tertiary/aromatic N) is 3. The minimum Gasteiger partial charge on any atom is -0.349 e. The number of hydrogen-bond donors (Lipinski definition) is 2. The van der Waals surface area contributed by atoms with Crippen molar-refractivity contribution >= 4 is 23.6 Å². The number of carbonyl (C=O) groups is 2. The van der Waals surface area contributed by atoms with Crippen LogP contribution in [0.3, 0.4) is 0 Å². The van der Waals surface area contributed by atoms with E-state index in [1.54, 1.807) is 12.1 Å². The van der Waals surface area contributed by atoms with E-state index in [1.807, 2.05) is 74.7 Å². The number of nitrogens with one attached hydrogen (secondary N) is 2. The van der Waals surface area contributed by atoms with Gasteiger partial charge in [0.25, 0.3) is 5.91 Å². The van der Waals surface area contributed by atoms with Gasteiger partial charge in [0.15, 0.2) is 11.0 Å². The highest BCUT2D eigenvalue weighted by atomic mass is 32.2. The van der Waals surface area contributed by atoms with Crippen molar-refractivity contribution in [2.75, 3.05) is 5.75 Å². The fourth-order valence-corrected chi connectivity index (χ4v) is 4.13. The van der Waals surface area contributed by atoms with E-state index in [0.717, 1.165) is 11.1 Å². The van der Waals surface area contributed by atoms with Gasteiger partial charge in [-0.2, -0.15) is 0 Å². The molecule has 0 radical (unpaired) electrons. The molecule has 2 amide bonds. The predicted octanol–water partition coefficient (Wildman–Crippen LogP) is 4.07. The number of carbonyl (C=O) groups excluding carboxylic acids is 2. The Morgan fingerprint density at radius 1 is 0.969 bits per heavy atom. The number of aryl methyl sites for hydroxylation is 1. The highest BCUT2D eigenvalue weighted by molar-refractivity contribution is 7.99. The maximum Gasteiger partial charge on any atom is 0.251 e. The van der Waals surface area contributed by atoms with Gasteiger partial charge >= 0.3 is 0 Å². The van der Waals surface area contributed by atoms with E-state index in [4.69, 9.17) is 0 Å². The van der Waals surface area contributed by atoms with Gasteiger partial charge in [0.1, 0.15) is 0 Å². The minimum absolute atomic E-state index is 0.0686. The fraction of sp³-hybridized carbons (Fsp3) is 0.333. The van der Waals surface area contributed by atoms with E-state index in [-0.39, 0.29) is 29.7 Å². The molecule has 1 aromatic heterocycles. The first kappa shape index (κ1) is 23.5. The van der Waals surface area contributed by atoms with Crippen LogP contribution in [0.2, 0.25) is 0 Å². The van der Waals surface area contributed by atoms with Crippen molar-refractivity contribution in [1.29, 1.82) is 0 Å². The first-order chi connectivity index (χ1) is 15.4. The standard InChI is InChI=1S/C24H29N5O2S/c1-5-29-22(18(4)26-23(31)20-13-11-16(2)12-14-20)27-28-24(29)32-15-21(30)25-17(3)19-9-7-6-8-10-19/h6-14,17-18H,5,15H2,1-4H3,(H,25,30)(H,26,31)/t17-,18-/m0/s1. The van der Waals surface area contributed by atoms with Crippen LogP contribution in [0.25, 0.3) is 0 Å². The average molecular weight is 452 g/mol. The molecule has 0 fully saturated rings. The van der Waals surface area contributed by atoms with Crippen molar-refractivity contribution in [1.82, 2.24) is 25.4 Å². The summed E-state index contributed by atoms with van der Waals surface area (Å²) in [4.78, 5) is 25.0. The summed E-state index contributed by atoms with van der Waals surface area (Å²) in [6.07, 6.45) is 0. The molecule has 3 aromatic rings. The van der Waals surface area contributed by atoms with E-state index >= 15 is 0 Å². The maximum atomic E-state index is 12.6. The van der Waals surface area contributed by atoms with Crippen LogP contribution in [0.1, 0.15) is 60.2 Å². The van der Waals surface area contributed by atoms with Gasteiger partial charge in [-0.15, -0.1) is 10.2 Å². The highest BCUT2D eigenvalue weighted by Crippen LogP contribution is 2.21. The summed E-state index contributed by atoms with van der Waals surface area (Å²) in [7, 11) is 0. The van der Waals surface area contributed by atoms with Gasteiger partial charge in [-0.1, -0.05) is 59.8 Å². The Kier molecular flexibility index (Phi) is 8.05. The van der Waals surface area contributed by atoms with E-state index in [9.17, 15) is 9.59 Å². The van der Waals surface area contributed by atoms with Gasteiger partial charge in [-0.3, -0.25) is 9.59 Å². The van der Waals surface area contributed by atoms with Gasteiger partial charge < -0.3 is 15.2 Å². The summed E-state index contributed by atoms with van der Waals surface area (Å²) in [5.74, 6) is 0.666. The first-order valence-corrected chi connectivity index (χ1v) is 11.6. The molecule has 0 aliphatic heterocycles. The lowest BCUT2D eigenvalue weighted by molar-refractivity contribution is -0.119. The number of thioether (sulfide) groups is 1. The molecular formula is C24H29N5O2S. The summed E-state index contributed by atoms with van der Waals surface area (Å²) in [6.45, 7) is 8.45. The molecular weight excluding hydrogens is 422 g/mol. The zero-order valence-corrected chi connectivity index (χ0v) is 19.6.